The van der Waals surface area contributed by atoms with Gasteiger partial charge >= 0.3 is 0 Å². The third-order valence-corrected chi connectivity index (χ3v) is 5.13. The van der Waals surface area contributed by atoms with E-state index in [0.717, 1.165) is 24.2 Å². The zero-order valence-electron chi connectivity index (χ0n) is 15.8. The van der Waals surface area contributed by atoms with Gasteiger partial charge in [0.05, 0.1) is 19.8 Å². The summed E-state index contributed by atoms with van der Waals surface area (Å²) in [7, 11) is 0. The Morgan fingerprint density at radius 1 is 1.25 bits per heavy atom. The van der Waals surface area contributed by atoms with Gasteiger partial charge in [-0.15, -0.1) is 0 Å². The van der Waals surface area contributed by atoms with E-state index in [-0.39, 0.29) is 24.4 Å². The van der Waals surface area contributed by atoms with Gasteiger partial charge in [-0.1, -0.05) is 23.7 Å². The van der Waals surface area contributed by atoms with E-state index < -0.39 is 0 Å². The van der Waals surface area contributed by atoms with Gasteiger partial charge in [0.2, 0.25) is 0 Å². The number of aryl methyl sites for hydroxylation is 1. The lowest BCUT2D eigenvalue weighted by Crippen LogP contribution is -3.15. The van der Waals surface area contributed by atoms with Gasteiger partial charge in [0.1, 0.15) is 30.7 Å². The van der Waals surface area contributed by atoms with Crippen LogP contribution in [0.5, 0.6) is 5.75 Å². The summed E-state index contributed by atoms with van der Waals surface area (Å²) in [5, 5.41) is 3.58. The molecule has 1 aliphatic heterocycles. The summed E-state index contributed by atoms with van der Waals surface area (Å²) < 4.78 is 24.3. The minimum Gasteiger partial charge on any atom is -0.484 e. The van der Waals surface area contributed by atoms with E-state index in [1.54, 1.807) is 30.3 Å². The van der Waals surface area contributed by atoms with Crippen LogP contribution in [0.2, 0.25) is 5.02 Å². The molecule has 28 heavy (non-hydrogen) atoms. The van der Waals surface area contributed by atoms with Crippen molar-refractivity contribution in [2.75, 3.05) is 39.5 Å². The maximum atomic E-state index is 13.3. The maximum Gasteiger partial charge on any atom is 0.258 e. The molecular formula is C21H25ClFN2O3+. The predicted octanol–water partition coefficient (Wildman–Crippen LogP) is 1.94. The molecule has 0 unspecified atom stereocenters. The molecule has 2 aromatic carbocycles. The largest absolute Gasteiger partial charge is 0.484 e. The van der Waals surface area contributed by atoms with Crippen molar-refractivity contribution < 1.29 is 23.6 Å². The standard InChI is InChI=1S/C21H24ClFN2O3/c1-15-12-17(22)4-7-20(15)28-14-21(26)24-13-19(25-8-10-27-11-9-25)16-2-5-18(23)6-3-16/h2-7,12,19H,8-11,13-14H2,1H3,(H,24,26)/p+1/t19-/m1/s1. The number of quaternary nitrogens is 1. The van der Waals surface area contributed by atoms with E-state index in [1.165, 1.54) is 17.0 Å². The van der Waals surface area contributed by atoms with Gasteiger partial charge in [-0.25, -0.2) is 4.39 Å². The van der Waals surface area contributed by atoms with Crippen molar-refractivity contribution >= 4 is 17.5 Å². The van der Waals surface area contributed by atoms with Gasteiger partial charge < -0.3 is 19.7 Å². The van der Waals surface area contributed by atoms with Crippen LogP contribution < -0.4 is 15.0 Å². The van der Waals surface area contributed by atoms with Gasteiger partial charge in [-0.2, -0.15) is 0 Å². The van der Waals surface area contributed by atoms with Gasteiger partial charge in [0.15, 0.2) is 6.61 Å². The number of halogens is 2. The average Bonchev–Trinajstić information content (AvgIpc) is 2.69. The van der Waals surface area contributed by atoms with E-state index in [0.29, 0.717) is 30.5 Å². The fourth-order valence-corrected chi connectivity index (χ4v) is 3.59. The summed E-state index contributed by atoms with van der Waals surface area (Å²) in [5.41, 5.74) is 1.87. The van der Waals surface area contributed by atoms with Crippen molar-refractivity contribution in [2.24, 2.45) is 0 Å². The van der Waals surface area contributed by atoms with Crippen molar-refractivity contribution in [3.8, 4) is 5.75 Å². The van der Waals surface area contributed by atoms with Crippen LogP contribution in [-0.2, 0) is 9.53 Å². The molecule has 2 N–H and O–H groups in total. The Kier molecular flexibility index (Phi) is 7.25. The highest BCUT2D eigenvalue weighted by atomic mass is 35.5. The smallest absolute Gasteiger partial charge is 0.258 e. The van der Waals surface area contributed by atoms with Crippen LogP contribution in [0.1, 0.15) is 17.2 Å². The molecule has 1 atom stereocenters. The Bertz CT molecular complexity index is 795. The molecule has 1 aliphatic rings. The molecule has 1 amide bonds. The number of rotatable bonds is 7. The molecule has 0 aromatic heterocycles. The molecule has 0 saturated carbocycles. The Hall–Kier alpha value is -2.15. The molecule has 1 fully saturated rings. The Morgan fingerprint density at radius 3 is 2.64 bits per heavy atom. The second-order valence-corrected chi connectivity index (χ2v) is 7.31. The van der Waals surface area contributed by atoms with Crippen molar-refractivity contribution in [3.05, 3.63) is 64.4 Å². The van der Waals surface area contributed by atoms with Crippen molar-refractivity contribution in [1.29, 1.82) is 0 Å². The van der Waals surface area contributed by atoms with Gasteiger partial charge in [0, 0.05) is 10.6 Å². The molecule has 0 radical (unpaired) electrons. The van der Waals surface area contributed by atoms with Crippen LogP contribution in [0, 0.1) is 12.7 Å². The summed E-state index contributed by atoms with van der Waals surface area (Å²) in [6.45, 7) is 5.31. The van der Waals surface area contributed by atoms with Crippen molar-refractivity contribution in [2.45, 2.75) is 13.0 Å². The van der Waals surface area contributed by atoms with Crippen LogP contribution >= 0.6 is 11.6 Å². The zero-order chi connectivity index (χ0) is 19.9. The number of amides is 1. The molecule has 3 rings (SSSR count). The van der Waals surface area contributed by atoms with Gasteiger partial charge in [-0.3, -0.25) is 4.79 Å². The zero-order valence-corrected chi connectivity index (χ0v) is 16.6. The van der Waals surface area contributed by atoms with Crippen LogP contribution in [0.15, 0.2) is 42.5 Å². The third-order valence-electron chi connectivity index (χ3n) is 4.90. The lowest BCUT2D eigenvalue weighted by atomic mass is 10.0. The van der Waals surface area contributed by atoms with Crippen molar-refractivity contribution in [3.63, 3.8) is 0 Å². The Balaban J connectivity index is 1.59. The van der Waals surface area contributed by atoms with Crippen LogP contribution in [-0.4, -0.2) is 45.4 Å². The predicted molar refractivity (Wildman–Crippen MR) is 105 cm³/mol. The first-order chi connectivity index (χ1) is 13.5. The lowest BCUT2D eigenvalue weighted by molar-refractivity contribution is -0.937. The lowest BCUT2D eigenvalue weighted by Gasteiger charge is -2.32. The summed E-state index contributed by atoms with van der Waals surface area (Å²) in [6.07, 6.45) is 0. The molecular weight excluding hydrogens is 383 g/mol. The number of carbonyl (C=O) groups is 1. The molecule has 1 saturated heterocycles. The van der Waals surface area contributed by atoms with E-state index in [1.807, 2.05) is 6.92 Å². The number of benzene rings is 2. The average molecular weight is 408 g/mol. The highest BCUT2D eigenvalue weighted by Gasteiger charge is 2.27. The number of carbonyl (C=O) groups excluding carboxylic acids is 1. The van der Waals surface area contributed by atoms with E-state index >= 15 is 0 Å². The topological polar surface area (TPSA) is 52.0 Å². The molecule has 1 heterocycles. The summed E-state index contributed by atoms with van der Waals surface area (Å²) in [6, 6.07) is 11.8. The fraction of sp³-hybridized carbons (Fsp3) is 0.381. The SMILES string of the molecule is Cc1cc(Cl)ccc1OCC(=O)NC[C@H](c1ccc(F)cc1)[NH+]1CCOCC1. The number of hydrogen-bond donors (Lipinski definition) is 2. The van der Waals surface area contributed by atoms with E-state index in [9.17, 15) is 9.18 Å². The Morgan fingerprint density at radius 2 is 1.96 bits per heavy atom. The number of morpholine rings is 1. The molecule has 150 valence electrons. The second kappa shape index (κ2) is 9.87. The highest BCUT2D eigenvalue weighted by molar-refractivity contribution is 6.30. The Labute approximate surface area is 169 Å². The molecule has 0 spiro atoms. The quantitative estimate of drug-likeness (QED) is 0.737. The minimum absolute atomic E-state index is 0.0331. The number of ether oxygens (including phenoxy) is 2. The first-order valence-electron chi connectivity index (χ1n) is 9.36. The normalized spacial score (nSPS) is 15.8. The second-order valence-electron chi connectivity index (χ2n) is 6.88. The molecule has 0 aliphatic carbocycles. The summed E-state index contributed by atoms with van der Waals surface area (Å²) in [5.74, 6) is 0.165. The summed E-state index contributed by atoms with van der Waals surface area (Å²) in [4.78, 5) is 13.6. The summed E-state index contributed by atoms with van der Waals surface area (Å²) >= 11 is 5.94. The van der Waals surface area contributed by atoms with Crippen LogP contribution in [0.3, 0.4) is 0 Å². The van der Waals surface area contributed by atoms with E-state index in [2.05, 4.69) is 5.32 Å². The van der Waals surface area contributed by atoms with Gasteiger partial charge in [-0.05, 0) is 42.8 Å². The van der Waals surface area contributed by atoms with E-state index in [4.69, 9.17) is 21.1 Å². The minimum atomic E-state index is -0.268. The molecule has 2 aromatic rings. The van der Waals surface area contributed by atoms with Crippen LogP contribution in [0.4, 0.5) is 4.39 Å². The first kappa shape index (κ1) is 20.6. The fourth-order valence-electron chi connectivity index (χ4n) is 3.36. The maximum absolute atomic E-state index is 13.3. The molecule has 5 nitrogen and oxygen atoms in total. The van der Waals surface area contributed by atoms with Gasteiger partial charge in [0.25, 0.3) is 5.91 Å². The monoisotopic (exact) mass is 407 g/mol. The van der Waals surface area contributed by atoms with Crippen molar-refractivity contribution in [1.82, 2.24) is 5.32 Å². The number of nitrogens with one attached hydrogen (secondary N) is 2. The molecule has 0 bridgehead atoms. The third kappa shape index (κ3) is 5.67. The highest BCUT2D eigenvalue weighted by Crippen LogP contribution is 2.21. The molecule has 7 heteroatoms. The number of hydrogen-bond acceptors (Lipinski definition) is 3. The first-order valence-corrected chi connectivity index (χ1v) is 9.74. The van der Waals surface area contributed by atoms with Crippen LogP contribution in [0.25, 0.3) is 0 Å².